The smallest absolute Gasteiger partial charge is 0.257 e. The van der Waals surface area contributed by atoms with Gasteiger partial charge in [-0.15, -0.1) is 0 Å². The van der Waals surface area contributed by atoms with E-state index >= 15 is 0 Å². The van der Waals surface area contributed by atoms with Gasteiger partial charge in [-0.05, 0) is 67.2 Å². The molecule has 2 aromatic carbocycles. The summed E-state index contributed by atoms with van der Waals surface area (Å²) in [7, 11) is 0. The first-order chi connectivity index (χ1) is 17.1. The van der Waals surface area contributed by atoms with Crippen molar-refractivity contribution in [3.05, 3.63) is 83.8 Å². The van der Waals surface area contributed by atoms with Gasteiger partial charge in [-0.1, -0.05) is 44.7 Å². The first-order valence-corrected chi connectivity index (χ1v) is 12.2. The average Bonchev–Trinajstić information content (AvgIpc) is 3.39. The molecule has 2 amide bonds. The van der Waals surface area contributed by atoms with E-state index in [1.165, 1.54) is 19.3 Å². The highest BCUT2D eigenvalue weighted by molar-refractivity contribution is 7.80. The Hall–Kier alpha value is -3.65. The number of nitrogens with one attached hydrogen (secondary N) is 3. The van der Waals surface area contributed by atoms with Crippen molar-refractivity contribution < 1.29 is 18.7 Å². The molecule has 0 aliphatic heterocycles. The van der Waals surface area contributed by atoms with Crippen molar-refractivity contribution in [2.45, 2.75) is 45.6 Å². The Morgan fingerprint density at radius 2 is 1.69 bits per heavy atom. The second kappa shape index (κ2) is 13.9. The highest BCUT2D eigenvalue weighted by Crippen LogP contribution is 2.16. The minimum Gasteiger partial charge on any atom is -0.494 e. The molecule has 3 aromatic rings. The molecule has 0 fully saturated rings. The predicted octanol–water partition coefficient (Wildman–Crippen LogP) is 5.69. The Bertz CT molecular complexity index is 1100. The van der Waals surface area contributed by atoms with Crippen molar-refractivity contribution in [1.29, 1.82) is 0 Å². The number of thiocarbonyl (C=S) groups is 1. The van der Waals surface area contributed by atoms with Crippen LogP contribution in [-0.4, -0.2) is 23.5 Å². The van der Waals surface area contributed by atoms with Crippen LogP contribution in [0.3, 0.4) is 0 Å². The maximum Gasteiger partial charge on any atom is 0.257 e. The number of furan rings is 1. The zero-order valence-electron chi connectivity index (χ0n) is 19.8. The molecule has 0 radical (unpaired) electrons. The van der Waals surface area contributed by atoms with Gasteiger partial charge in [-0.2, -0.15) is 0 Å². The number of hydrogen-bond donors (Lipinski definition) is 3. The molecular weight excluding hydrogens is 462 g/mol. The third kappa shape index (κ3) is 8.57. The number of benzene rings is 2. The third-order valence-corrected chi connectivity index (χ3v) is 5.49. The van der Waals surface area contributed by atoms with Gasteiger partial charge in [0.1, 0.15) is 11.5 Å². The second-order valence-electron chi connectivity index (χ2n) is 8.00. The van der Waals surface area contributed by atoms with Crippen LogP contribution >= 0.6 is 12.2 Å². The zero-order chi connectivity index (χ0) is 24.9. The van der Waals surface area contributed by atoms with E-state index in [4.69, 9.17) is 21.4 Å². The van der Waals surface area contributed by atoms with Crippen LogP contribution < -0.4 is 20.7 Å². The zero-order valence-corrected chi connectivity index (χ0v) is 20.7. The molecule has 1 heterocycles. The van der Waals surface area contributed by atoms with Crippen LogP contribution in [0.1, 0.15) is 65.5 Å². The first-order valence-electron chi connectivity index (χ1n) is 11.8. The fourth-order valence-corrected chi connectivity index (χ4v) is 3.60. The Morgan fingerprint density at radius 1 is 0.914 bits per heavy atom. The molecule has 8 heteroatoms. The maximum atomic E-state index is 12.6. The van der Waals surface area contributed by atoms with Gasteiger partial charge in [-0.25, -0.2) is 0 Å². The van der Waals surface area contributed by atoms with Gasteiger partial charge >= 0.3 is 0 Å². The number of carbonyl (C=O) groups is 2. The molecule has 0 bridgehead atoms. The van der Waals surface area contributed by atoms with Crippen LogP contribution in [0.15, 0.2) is 71.3 Å². The van der Waals surface area contributed by atoms with Crippen molar-refractivity contribution in [1.82, 2.24) is 10.6 Å². The quantitative estimate of drug-likeness (QED) is 0.222. The molecular formula is C27H31N3O4S. The molecule has 0 aliphatic rings. The Kier molecular flexibility index (Phi) is 10.3. The first kappa shape index (κ1) is 26.0. The summed E-state index contributed by atoms with van der Waals surface area (Å²) in [6.07, 6.45) is 7.43. The number of unbranched alkanes of at least 4 members (excludes halogenated alkanes) is 4. The largest absolute Gasteiger partial charge is 0.494 e. The lowest BCUT2D eigenvalue weighted by molar-refractivity contribution is 0.0947. The van der Waals surface area contributed by atoms with Gasteiger partial charge in [0, 0.05) is 5.56 Å². The topological polar surface area (TPSA) is 92.6 Å². The maximum absolute atomic E-state index is 12.6. The van der Waals surface area contributed by atoms with Gasteiger partial charge in [-0.3, -0.25) is 14.9 Å². The standard InChI is InChI=1S/C27H31N3O4S/c1-2-3-4-5-8-17-33-21-15-13-20(14-16-21)25(31)30-27(35)29-24-12-7-6-11-23(24)26(32)28-19-22-10-9-18-34-22/h6-7,9-16,18H,2-5,8,17,19H2,1H3,(H,28,32)(H2,29,30,31,35). The van der Waals surface area contributed by atoms with Gasteiger partial charge < -0.3 is 19.8 Å². The molecule has 0 saturated heterocycles. The number of rotatable bonds is 12. The van der Waals surface area contributed by atoms with Crippen LogP contribution in [-0.2, 0) is 6.54 Å². The Labute approximate surface area is 211 Å². The van der Waals surface area contributed by atoms with Crippen molar-refractivity contribution in [3.8, 4) is 5.75 Å². The van der Waals surface area contributed by atoms with E-state index in [2.05, 4.69) is 22.9 Å². The molecule has 1 aromatic heterocycles. The fraction of sp³-hybridized carbons (Fsp3) is 0.296. The summed E-state index contributed by atoms with van der Waals surface area (Å²) in [6.45, 7) is 3.12. The predicted molar refractivity (Wildman–Crippen MR) is 141 cm³/mol. The average molecular weight is 494 g/mol. The van der Waals surface area contributed by atoms with Crippen LogP contribution in [0.5, 0.6) is 5.75 Å². The highest BCUT2D eigenvalue weighted by Gasteiger charge is 2.14. The van der Waals surface area contributed by atoms with Gasteiger partial charge in [0.25, 0.3) is 11.8 Å². The third-order valence-electron chi connectivity index (χ3n) is 5.28. The summed E-state index contributed by atoms with van der Waals surface area (Å²) in [5, 5.41) is 8.48. The molecule has 184 valence electrons. The van der Waals surface area contributed by atoms with Crippen LogP contribution in [0.25, 0.3) is 0 Å². The SMILES string of the molecule is CCCCCCCOc1ccc(C(=O)NC(=S)Nc2ccccc2C(=O)NCc2ccco2)cc1. The van der Waals surface area contributed by atoms with E-state index < -0.39 is 0 Å². The second-order valence-corrected chi connectivity index (χ2v) is 8.41. The van der Waals surface area contributed by atoms with E-state index in [0.717, 1.165) is 18.6 Å². The number of ether oxygens (including phenoxy) is 1. The summed E-state index contributed by atoms with van der Waals surface area (Å²) in [4.78, 5) is 25.2. The molecule has 0 aliphatic carbocycles. The van der Waals surface area contributed by atoms with E-state index in [1.54, 1.807) is 66.9 Å². The minimum atomic E-state index is -0.353. The van der Waals surface area contributed by atoms with Gasteiger partial charge in [0.15, 0.2) is 5.11 Å². The number of carbonyl (C=O) groups excluding carboxylic acids is 2. The molecule has 35 heavy (non-hydrogen) atoms. The molecule has 7 nitrogen and oxygen atoms in total. The molecule has 3 N–H and O–H groups in total. The summed E-state index contributed by atoms with van der Waals surface area (Å²) >= 11 is 5.30. The van der Waals surface area contributed by atoms with Crippen LogP contribution in [0, 0.1) is 0 Å². The summed E-state index contributed by atoms with van der Waals surface area (Å²) in [5.74, 6) is 0.732. The van der Waals surface area contributed by atoms with E-state index in [1.807, 2.05) is 0 Å². The number of para-hydroxylation sites is 1. The van der Waals surface area contributed by atoms with Crippen molar-refractivity contribution in [3.63, 3.8) is 0 Å². The number of amides is 2. The number of hydrogen-bond acceptors (Lipinski definition) is 5. The van der Waals surface area contributed by atoms with Gasteiger partial charge in [0.2, 0.25) is 0 Å². The fourth-order valence-electron chi connectivity index (χ4n) is 3.39. The molecule has 0 atom stereocenters. The Balaban J connectivity index is 1.48. The monoisotopic (exact) mass is 493 g/mol. The lowest BCUT2D eigenvalue weighted by Crippen LogP contribution is -2.35. The van der Waals surface area contributed by atoms with E-state index in [-0.39, 0.29) is 23.5 Å². The van der Waals surface area contributed by atoms with Crippen molar-refractivity contribution in [2.75, 3.05) is 11.9 Å². The van der Waals surface area contributed by atoms with Crippen molar-refractivity contribution >= 4 is 34.8 Å². The Morgan fingerprint density at radius 3 is 2.43 bits per heavy atom. The number of anilines is 1. The van der Waals surface area contributed by atoms with Gasteiger partial charge in [0.05, 0.1) is 30.7 Å². The van der Waals surface area contributed by atoms with E-state index in [0.29, 0.717) is 29.2 Å². The molecule has 0 saturated carbocycles. The van der Waals surface area contributed by atoms with Crippen molar-refractivity contribution in [2.24, 2.45) is 0 Å². The van der Waals surface area contributed by atoms with Crippen LogP contribution in [0.2, 0.25) is 0 Å². The highest BCUT2D eigenvalue weighted by atomic mass is 32.1. The normalized spacial score (nSPS) is 10.4. The molecule has 0 unspecified atom stereocenters. The summed E-state index contributed by atoms with van der Waals surface area (Å²) < 4.78 is 11.0. The molecule has 3 rings (SSSR count). The minimum absolute atomic E-state index is 0.0914. The van der Waals surface area contributed by atoms with Crippen LogP contribution in [0.4, 0.5) is 5.69 Å². The van der Waals surface area contributed by atoms with E-state index in [9.17, 15) is 9.59 Å². The summed E-state index contributed by atoms with van der Waals surface area (Å²) in [5.41, 5.74) is 1.33. The summed E-state index contributed by atoms with van der Waals surface area (Å²) in [6, 6.07) is 17.4. The molecule has 0 spiro atoms. The lowest BCUT2D eigenvalue weighted by Gasteiger charge is -2.13. The lowest BCUT2D eigenvalue weighted by atomic mass is 10.1.